The van der Waals surface area contributed by atoms with Crippen LogP contribution < -0.4 is 0 Å². The fraction of sp³-hybridized carbons (Fsp3) is 0.800. The molecule has 0 N–H and O–H groups in total. The van der Waals surface area contributed by atoms with E-state index in [1.54, 1.807) is 0 Å². The smallest absolute Gasteiger partial charge is 0.134 e. The highest BCUT2D eigenvalue weighted by molar-refractivity contribution is 5.81. The summed E-state index contributed by atoms with van der Waals surface area (Å²) >= 11 is 0. The number of carbonyl (C=O) groups is 1. The Morgan fingerprint density at radius 3 is 2.92 bits per heavy atom. The summed E-state index contributed by atoms with van der Waals surface area (Å²) in [6.07, 6.45) is 2.36. The summed E-state index contributed by atoms with van der Waals surface area (Å²) in [6, 6.07) is 2.58. The standard InChI is InChI=1S/C10H16N2O/c1-8(6-11)7-12(2)9-3-4-10(13)5-9/h8-9H,3-5,7H2,1-2H3. The molecule has 0 aromatic heterocycles. The number of Topliss-reactive ketones (excluding diaryl/α,β-unsaturated/α-hetero) is 1. The van der Waals surface area contributed by atoms with Gasteiger partial charge < -0.3 is 4.90 Å². The summed E-state index contributed by atoms with van der Waals surface area (Å²) < 4.78 is 0. The first-order valence-corrected chi connectivity index (χ1v) is 4.75. The Morgan fingerprint density at radius 1 is 1.77 bits per heavy atom. The Labute approximate surface area is 79.3 Å². The molecule has 0 radical (unpaired) electrons. The van der Waals surface area contributed by atoms with Crippen molar-refractivity contribution in [2.75, 3.05) is 13.6 Å². The van der Waals surface area contributed by atoms with E-state index in [4.69, 9.17) is 5.26 Å². The molecule has 13 heavy (non-hydrogen) atoms. The van der Waals surface area contributed by atoms with Gasteiger partial charge in [0.2, 0.25) is 0 Å². The number of rotatable bonds is 3. The second-order valence-corrected chi connectivity index (χ2v) is 3.91. The maximum absolute atomic E-state index is 11.0. The van der Waals surface area contributed by atoms with Crippen LogP contribution in [0.1, 0.15) is 26.2 Å². The topological polar surface area (TPSA) is 44.1 Å². The van der Waals surface area contributed by atoms with Gasteiger partial charge in [-0.25, -0.2) is 0 Å². The molecule has 2 atom stereocenters. The first-order valence-electron chi connectivity index (χ1n) is 4.75. The SMILES string of the molecule is CC(C#N)CN(C)C1CCC(=O)C1. The number of nitrogens with zero attached hydrogens (tertiary/aromatic N) is 2. The molecule has 0 spiro atoms. The predicted molar refractivity (Wildman–Crippen MR) is 50.1 cm³/mol. The largest absolute Gasteiger partial charge is 0.302 e. The van der Waals surface area contributed by atoms with Gasteiger partial charge in [0.1, 0.15) is 5.78 Å². The van der Waals surface area contributed by atoms with Gasteiger partial charge in [-0.2, -0.15) is 5.26 Å². The zero-order valence-corrected chi connectivity index (χ0v) is 8.29. The third-order valence-electron chi connectivity index (χ3n) is 2.63. The van der Waals surface area contributed by atoms with Gasteiger partial charge in [-0.3, -0.25) is 4.79 Å². The summed E-state index contributed by atoms with van der Waals surface area (Å²) in [7, 11) is 2.00. The zero-order valence-electron chi connectivity index (χ0n) is 8.29. The molecule has 0 aromatic carbocycles. The minimum Gasteiger partial charge on any atom is -0.302 e. The van der Waals surface area contributed by atoms with Gasteiger partial charge in [0.15, 0.2) is 0 Å². The summed E-state index contributed by atoms with van der Waals surface area (Å²) in [4.78, 5) is 13.2. The van der Waals surface area contributed by atoms with Crippen LogP contribution in [0.15, 0.2) is 0 Å². The Hall–Kier alpha value is -0.880. The Kier molecular flexibility index (Phi) is 3.44. The monoisotopic (exact) mass is 180 g/mol. The minimum absolute atomic E-state index is 0.0562. The summed E-state index contributed by atoms with van der Waals surface area (Å²) in [5.74, 6) is 0.419. The fourth-order valence-corrected chi connectivity index (χ4v) is 1.79. The molecule has 1 rings (SSSR count). The number of carbonyl (C=O) groups excluding carboxylic acids is 1. The van der Waals surface area contributed by atoms with Crippen LogP contribution in [0, 0.1) is 17.2 Å². The lowest BCUT2D eigenvalue weighted by molar-refractivity contribution is -0.117. The van der Waals surface area contributed by atoms with Crippen molar-refractivity contribution >= 4 is 5.78 Å². The van der Waals surface area contributed by atoms with Gasteiger partial charge in [-0.15, -0.1) is 0 Å². The summed E-state index contributed by atoms with van der Waals surface area (Å²) in [5.41, 5.74) is 0. The van der Waals surface area contributed by atoms with Crippen molar-refractivity contribution in [2.45, 2.75) is 32.2 Å². The van der Waals surface area contributed by atoms with Crippen molar-refractivity contribution in [3.63, 3.8) is 0 Å². The Morgan fingerprint density at radius 2 is 2.46 bits per heavy atom. The van der Waals surface area contributed by atoms with Gasteiger partial charge >= 0.3 is 0 Å². The van der Waals surface area contributed by atoms with Crippen molar-refractivity contribution in [3.8, 4) is 6.07 Å². The average Bonchev–Trinajstić information content (AvgIpc) is 2.51. The van der Waals surface area contributed by atoms with Crippen LogP contribution in [-0.2, 0) is 4.79 Å². The second-order valence-electron chi connectivity index (χ2n) is 3.91. The van der Waals surface area contributed by atoms with E-state index in [-0.39, 0.29) is 5.92 Å². The number of nitriles is 1. The minimum atomic E-state index is 0.0562. The van der Waals surface area contributed by atoms with E-state index in [1.807, 2.05) is 14.0 Å². The zero-order chi connectivity index (χ0) is 9.84. The van der Waals surface area contributed by atoms with Crippen molar-refractivity contribution in [3.05, 3.63) is 0 Å². The molecule has 3 heteroatoms. The molecule has 1 saturated carbocycles. The van der Waals surface area contributed by atoms with Crippen LogP contribution >= 0.6 is 0 Å². The molecule has 0 saturated heterocycles. The van der Waals surface area contributed by atoms with Crippen LogP contribution in [0.25, 0.3) is 0 Å². The van der Waals surface area contributed by atoms with E-state index < -0.39 is 0 Å². The van der Waals surface area contributed by atoms with Gasteiger partial charge in [-0.1, -0.05) is 0 Å². The van der Waals surface area contributed by atoms with Crippen molar-refractivity contribution in [2.24, 2.45) is 5.92 Å². The van der Waals surface area contributed by atoms with Crippen molar-refractivity contribution in [1.29, 1.82) is 5.26 Å². The molecule has 0 heterocycles. The van der Waals surface area contributed by atoms with E-state index in [9.17, 15) is 4.79 Å². The van der Waals surface area contributed by atoms with E-state index in [0.717, 1.165) is 19.4 Å². The number of hydrogen-bond donors (Lipinski definition) is 0. The first kappa shape index (κ1) is 10.2. The first-order chi connectivity index (χ1) is 6.13. The molecular weight excluding hydrogens is 164 g/mol. The van der Waals surface area contributed by atoms with E-state index in [0.29, 0.717) is 18.2 Å². The lowest BCUT2D eigenvalue weighted by atomic mass is 10.1. The molecular formula is C10H16N2O. The van der Waals surface area contributed by atoms with Gasteiger partial charge in [-0.05, 0) is 20.4 Å². The molecule has 72 valence electrons. The molecule has 2 unspecified atom stereocenters. The quantitative estimate of drug-likeness (QED) is 0.655. The molecule has 0 bridgehead atoms. The van der Waals surface area contributed by atoms with Crippen LogP contribution in [0.4, 0.5) is 0 Å². The Bertz CT molecular complexity index is 232. The van der Waals surface area contributed by atoms with Crippen LogP contribution in [-0.4, -0.2) is 30.3 Å². The normalized spacial score (nSPS) is 24.8. The van der Waals surface area contributed by atoms with Crippen LogP contribution in [0.5, 0.6) is 0 Å². The predicted octanol–water partition coefficient (Wildman–Crippen LogP) is 1.20. The molecule has 0 aliphatic heterocycles. The maximum atomic E-state index is 11.0. The van der Waals surface area contributed by atoms with Gasteiger partial charge in [0.05, 0.1) is 12.0 Å². The molecule has 0 aromatic rings. The lowest BCUT2D eigenvalue weighted by Crippen LogP contribution is -2.33. The Balaban J connectivity index is 2.36. The number of ketones is 1. The maximum Gasteiger partial charge on any atom is 0.134 e. The summed E-state index contributed by atoms with van der Waals surface area (Å²) in [5, 5.41) is 8.63. The average molecular weight is 180 g/mol. The van der Waals surface area contributed by atoms with Crippen LogP contribution in [0.3, 0.4) is 0 Å². The van der Waals surface area contributed by atoms with Crippen molar-refractivity contribution in [1.82, 2.24) is 4.90 Å². The van der Waals surface area contributed by atoms with Gasteiger partial charge in [0.25, 0.3) is 0 Å². The fourth-order valence-electron chi connectivity index (χ4n) is 1.79. The van der Waals surface area contributed by atoms with E-state index in [2.05, 4.69) is 11.0 Å². The van der Waals surface area contributed by atoms with Crippen LogP contribution in [0.2, 0.25) is 0 Å². The lowest BCUT2D eigenvalue weighted by Gasteiger charge is -2.24. The third kappa shape index (κ3) is 2.82. The van der Waals surface area contributed by atoms with E-state index >= 15 is 0 Å². The molecule has 3 nitrogen and oxygen atoms in total. The number of hydrogen-bond acceptors (Lipinski definition) is 3. The second kappa shape index (κ2) is 4.38. The summed E-state index contributed by atoms with van der Waals surface area (Å²) in [6.45, 7) is 2.68. The van der Waals surface area contributed by atoms with Gasteiger partial charge in [0, 0.05) is 25.4 Å². The highest BCUT2D eigenvalue weighted by atomic mass is 16.1. The third-order valence-corrected chi connectivity index (χ3v) is 2.63. The van der Waals surface area contributed by atoms with E-state index in [1.165, 1.54) is 0 Å². The molecule has 1 aliphatic rings. The highest BCUT2D eigenvalue weighted by Crippen LogP contribution is 2.20. The molecule has 0 amide bonds. The molecule has 1 aliphatic carbocycles. The molecule has 1 fully saturated rings. The highest BCUT2D eigenvalue weighted by Gasteiger charge is 2.25. The van der Waals surface area contributed by atoms with Crippen molar-refractivity contribution < 1.29 is 4.79 Å².